The zero-order chi connectivity index (χ0) is 20.8. The highest BCUT2D eigenvalue weighted by Crippen LogP contribution is 2.29. The molecule has 2 heterocycles. The van der Waals surface area contributed by atoms with E-state index in [2.05, 4.69) is 10.1 Å². The van der Waals surface area contributed by atoms with E-state index in [0.717, 1.165) is 28.9 Å². The van der Waals surface area contributed by atoms with Crippen molar-refractivity contribution in [2.24, 2.45) is 0 Å². The number of rotatable bonds is 3. The molecule has 0 aliphatic rings. The minimum atomic E-state index is -4.39. The number of benzene rings is 2. The molecule has 2 aromatic heterocycles. The van der Waals surface area contributed by atoms with Crippen molar-refractivity contribution in [2.45, 2.75) is 26.6 Å². The highest BCUT2D eigenvalue weighted by atomic mass is 19.4. The maximum Gasteiger partial charge on any atom is 0.416 e. The SMILES string of the molecule is Cc1ccc(-n2ncc3c(=O)n(Cc4ccc(C(F)(F)F)cc4)cnc32)c(C)c1. The summed E-state index contributed by atoms with van der Waals surface area (Å²) in [6, 6.07) is 10.6. The number of hydrogen-bond acceptors (Lipinski definition) is 3. The van der Waals surface area contributed by atoms with E-state index in [0.29, 0.717) is 16.6 Å². The van der Waals surface area contributed by atoms with Gasteiger partial charge in [0.2, 0.25) is 0 Å². The molecular weight excluding hydrogens is 381 g/mol. The van der Waals surface area contributed by atoms with Gasteiger partial charge in [-0.05, 0) is 43.2 Å². The Morgan fingerprint density at radius 3 is 2.41 bits per heavy atom. The Labute approximate surface area is 164 Å². The van der Waals surface area contributed by atoms with Gasteiger partial charge in [0.1, 0.15) is 11.7 Å². The van der Waals surface area contributed by atoms with Gasteiger partial charge in [-0.15, -0.1) is 0 Å². The molecule has 0 spiro atoms. The lowest BCUT2D eigenvalue weighted by Crippen LogP contribution is -2.21. The van der Waals surface area contributed by atoms with E-state index < -0.39 is 11.7 Å². The fourth-order valence-corrected chi connectivity index (χ4v) is 3.28. The minimum Gasteiger partial charge on any atom is -0.294 e. The summed E-state index contributed by atoms with van der Waals surface area (Å²) in [7, 11) is 0. The fraction of sp³-hybridized carbons (Fsp3) is 0.190. The predicted molar refractivity (Wildman–Crippen MR) is 103 cm³/mol. The summed E-state index contributed by atoms with van der Waals surface area (Å²) in [6.07, 6.45) is -1.53. The van der Waals surface area contributed by atoms with Crippen LogP contribution in [0.3, 0.4) is 0 Å². The Balaban J connectivity index is 1.70. The fourth-order valence-electron chi connectivity index (χ4n) is 3.28. The van der Waals surface area contributed by atoms with Crippen molar-refractivity contribution in [3.63, 3.8) is 0 Å². The number of hydrogen-bond donors (Lipinski definition) is 0. The standard InChI is InChI=1S/C21H17F3N4O/c1-13-3-8-18(14(2)9-13)28-19-17(10-26-28)20(29)27(12-25-19)11-15-4-6-16(7-5-15)21(22,23)24/h3-10,12H,11H2,1-2H3. The summed E-state index contributed by atoms with van der Waals surface area (Å²) in [5.74, 6) is 0. The molecule has 0 bridgehead atoms. The minimum absolute atomic E-state index is 0.120. The molecule has 8 heteroatoms. The second-order valence-corrected chi connectivity index (χ2v) is 6.96. The van der Waals surface area contributed by atoms with Crippen molar-refractivity contribution in [3.05, 3.63) is 87.6 Å². The largest absolute Gasteiger partial charge is 0.416 e. The van der Waals surface area contributed by atoms with Crippen LogP contribution in [0.1, 0.15) is 22.3 Å². The second-order valence-electron chi connectivity index (χ2n) is 6.96. The van der Waals surface area contributed by atoms with Gasteiger partial charge in [-0.1, -0.05) is 29.8 Å². The van der Waals surface area contributed by atoms with Crippen LogP contribution >= 0.6 is 0 Å². The zero-order valence-corrected chi connectivity index (χ0v) is 15.7. The molecule has 0 saturated carbocycles. The van der Waals surface area contributed by atoms with Crippen LogP contribution in [0.2, 0.25) is 0 Å². The number of nitrogens with zero attached hydrogens (tertiary/aromatic N) is 4. The van der Waals surface area contributed by atoms with E-state index in [9.17, 15) is 18.0 Å². The van der Waals surface area contributed by atoms with Crippen molar-refractivity contribution in [1.29, 1.82) is 0 Å². The first-order valence-electron chi connectivity index (χ1n) is 8.91. The monoisotopic (exact) mass is 398 g/mol. The molecule has 0 radical (unpaired) electrons. The van der Waals surface area contributed by atoms with Gasteiger partial charge < -0.3 is 0 Å². The Hall–Kier alpha value is -3.42. The van der Waals surface area contributed by atoms with Gasteiger partial charge in [0.25, 0.3) is 5.56 Å². The quantitative estimate of drug-likeness (QED) is 0.518. The molecule has 29 heavy (non-hydrogen) atoms. The molecule has 0 N–H and O–H groups in total. The summed E-state index contributed by atoms with van der Waals surface area (Å²) in [5, 5.41) is 4.67. The lowest BCUT2D eigenvalue weighted by Gasteiger charge is -2.10. The molecule has 0 unspecified atom stereocenters. The van der Waals surface area contributed by atoms with E-state index in [-0.39, 0.29) is 12.1 Å². The zero-order valence-electron chi connectivity index (χ0n) is 15.7. The Morgan fingerprint density at radius 2 is 1.76 bits per heavy atom. The van der Waals surface area contributed by atoms with Crippen LogP contribution in [0, 0.1) is 13.8 Å². The van der Waals surface area contributed by atoms with Crippen molar-refractivity contribution in [2.75, 3.05) is 0 Å². The van der Waals surface area contributed by atoms with Gasteiger partial charge in [0.05, 0.1) is 24.0 Å². The van der Waals surface area contributed by atoms with E-state index in [4.69, 9.17) is 0 Å². The lowest BCUT2D eigenvalue weighted by atomic mass is 10.1. The number of alkyl halides is 3. The predicted octanol–water partition coefficient (Wildman–Crippen LogP) is 4.27. The molecule has 0 aliphatic heterocycles. The Kier molecular flexibility index (Phi) is 4.49. The molecule has 5 nitrogen and oxygen atoms in total. The smallest absolute Gasteiger partial charge is 0.294 e. The normalized spacial score (nSPS) is 11.9. The van der Waals surface area contributed by atoms with Gasteiger partial charge in [-0.2, -0.15) is 18.3 Å². The van der Waals surface area contributed by atoms with E-state index >= 15 is 0 Å². The molecule has 0 atom stereocenters. The molecule has 148 valence electrons. The third-order valence-electron chi connectivity index (χ3n) is 4.77. The van der Waals surface area contributed by atoms with Crippen LogP contribution in [-0.4, -0.2) is 19.3 Å². The average molecular weight is 398 g/mol. The second kappa shape index (κ2) is 6.88. The van der Waals surface area contributed by atoms with Crippen molar-refractivity contribution in [1.82, 2.24) is 19.3 Å². The van der Waals surface area contributed by atoms with Crippen LogP contribution in [0.4, 0.5) is 13.2 Å². The summed E-state index contributed by atoms with van der Waals surface area (Å²) in [4.78, 5) is 17.2. The van der Waals surface area contributed by atoms with Crippen LogP contribution < -0.4 is 5.56 Å². The Bertz CT molecular complexity index is 1250. The first kappa shape index (κ1) is 18.9. The number of aromatic nitrogens is 4. The van der Waals surface area contributed by atoms with Gasteiger partial charge >= 0.3 is 6.18 Å². The van der Waals surface area contributed by atoms with Gasteiger partial charge in [-0.25, -0.2) is 9.67 Å². The van der Waals surface area contributed by atoms with Gasteiger partial charge in [0, 0.05) is 0 Å². The third-order valence-corrected chi connectivity index (χ3v) is 4.77. The van der Waals surface area contributed by atoms with Crippen molar-refractivity contribution in [3.8, 4) is 5.69 Å². The molecule has 4 aromatic rings. The lowest BCUT2D eigenvalue weighted by molar-refractivity contribution is -0.137. The molecule has 0 aliphatic carbocycles. The van der Waals surface area contributed by atoms with Crippen molar-refractivity contribution < 1.29 is 13.2 Å². The molecule has 0 amide bonds. The van der Waals surface area contributed by atoms with Crippen LogP contribution in [0.15, 0.2) is 59.8 Å². The number of aryl methyl sites for hydroxylation is 2. The molecule has 4 rings (SSSR count). The molecular formula is C21H17F3N4O. The van der Waals surface area contributed by atoms with E-state index in [1.807, 2.05) is 32.0 Å². The maximum atomic E-state index is 12.8. The van der Waals surface area contributed by atoms with Crippen LogP contribution in [0.5, 0.6) is 0 Å². The first-order valence-corrected chi connectivity index (χ1v) is 8.91. The van der Waals surface area contributed by atoms with E-state index in [1.165, 1.54) is 29.2 Å². The summed E-state index contributed by atoms with van der Waals surface area (Å²) >= 11 is 0. The Morgan fingerprint density at radius 1 is 1.03 bits per heavy atom. The summed E-state index contributed by atoms with van der Waals surface area (Å²) in [6.45, 7) is 4.08. The van der Waals surface area contributed by atoms with Gasteiger partial charge in [-0.3, -0.25) is 9.36 Å². The highest BCUT2D eigenvalue weighted by Gasteiger charge is 2.29. The summed E-state index contributed by atoms with van der Waals surface area (Å²) < 4.78 is 41.1. The molecule has 0 fully saturated rings. The molecule has 0 saturated heterocycles. The van der Waals surface area contributed by atoms with Crippen molar-refractivity contribution >= 4 is 11.0 Å². The van der Waals surface area contributed by atoms with Crippen LogP contribution in [0.25, 0.3) is 16.7 Å². The average Bonchev–Trinajstić information content (AvgIpc) is 3.08. The molecule has 2 aromatic carbocycles. The first-order chi connectivity index (χ1) is 13.7. The topological polar surface area (TPSA) is 52.7 Å². The van der Waals surface area contributed by atoms with Crippen LogP contribution in [-0.2, 0) is 12.7 Å². The number of fused-ring (bicyclic) bond motifs is 1. The maximum absolute atomic E-state index is 12.8. The van der Waals surface area contributed by atoms with Gasteiger partial charge in [0.15, 0.2) is 5.65 Å². The third kappa shape index (κ3) is 3.53. The van der Waals surface area contributed by atoms with E-state index in [1.54, 1.807) is 4.68 Å². The highest BCUT2D eigenvalue weighted by molar-refractivity contribution is 5.75. The summed E-state index contributed by atoms with van der Waals surface area (Å²) in [5.41, 5.74) is 2.94. The number of halogens is 3.